The summed E-state index contributed by atoms with van der Waals surface area (Å²) in [6.07, 6.45) is 7.83. The Balaban J connectivity index is 1.76. The highest BCUT2D eigenvalue weighted by Gasteiger charge is 2.56. The minimum absolute atomic E-state index is 0.0170. The normalized spacial score (nSPS) is 52.9. The topological polar surface area (TPSA) is 20.2 Å². The van der Waals surface area contributed by atoms with Crippen molar-refractivity contribution in [3.8, 4) is 0 Å². The van der Waals surface area contributed by atoms with Crippen LogP contribution < -0.4 is 0 Å². The quantitative estimate of drug-likeness (QED) is 0.733. The Labute approximate surface area is 106 Å². The predicted octanol–water partition coefficient (Wildman–Crippen LogP) is 3.86. The van der Waals surface area contributed by atoms with Crippen molar-refractivity contribution >= 4 is 0 Å². The van der Waals surface area contributed by atoms with E-state index in [-0.39, 0.29) is 6.10 Å². The maximum absolute atomic E-state index is 10.3. The first-order valence-corrected chi connectivity index (χ1v) is 7.70. The van der Waals surface area contributed by atoms with Crippen molar-refractivity contribution in [2.24, 2.45) is 35.0 Å². The average Bonchev–Trinajstić information content (AvgIpc) is 2.80. The van der Waals surface area contributed by atoms with Gasteiger partial charge in [0.1, 0.15) is 0 Å². The van der Waals surface area contributed by atoms with Crippen LogP contribution in [-0.2, 0) is 0 Å². The fourth-order valence-electron chi connectivity index (χ4n) is 5.34. The standard InChI is InChI=1S/C16H28O/c1-10-13-8-11(16(10,2)3)9-14(13)12-6-4-5-7-15(12)17/h10-15,17H,4-9H2,1-3H3/t10-,11+,12-,13+,14+,15+/m1/s1. The Morgan fingerprint density at radius 3 is 2.18 bits per heavy atom. The molecule has 0 unspecified atom stereocenters. The van der Waals surface area contributed by atoms with Gasteiger partial charge in [0, 0.05) is 0 Å². The Morgan fingerprint density at radius 1 is 0.941 bits per heavy atom. The first-order valence-electron chi connectivity index (χ1n) is 7.70. The van der Waals surface area contributed by atoms with E-state index < -0.39 is 0 Å². The molecule has 0 aromatic rings. The van der Waals surface area contributed by atoms with E-state index in [1.165, 1.54) is 32.1 Å². The second-order valence-corrected chi connectivity index (χ2v) is 7.62. The van der Waals surface area contributed by atoms with Crippen LogP contribution in [0.2, 0.25) is 0 Å². The maximum Gasteiger partial charge on any atom is 0.0571 e. The van der Waals surface area contributed by atoms with E-state index in [0.29, 0.717) is 11.3 Å². The minimum atomic E-state index is 0.0170. The molecule has 0 radical (unpaired) electrons. The van der Waals surface area contributed by atoms with Gasteiger partial charge in [-0.25, -0.2) is 0 Å². The Bertz CT molecular complexity index is 292. The summed E-state index contributed by atoms with van der Waals surface area (Å²) in [6, 6.07) is 0. The summed E-state index contributed by atoms with van der Waals surface area (Å²) in [5.41, 5.74) is 0.556. The van der Waals surface area contributed by atoms with Gasteiger partial charge in [0.2, 0.25) is 0 Å². The van der Waals surface area contributed by atoms with Gasteiger partial charge in [-0.2, -0.15) is 0 Å². The third-order valence-electron chi connectivity index (χ3n) is 6.86. The lowest BCUT2D eigenvalue weighted by atomic mass is 9.61. The van der Waals surface area contributed by atoms with Crippen molar-refractivity contribution < 1.29 is 5.11 Å². The van der Waals surface area contributed by atoms with Gasteiger partial charge in [-0.15, -0.1) is 0 Å². The van der Waals surface area contributed by atoms with Crippen LogP contribution in [-0.4, -0.2) is 11.2 Å². The van der Waals surface area contributed by atoms with Crippen LogP contribution >= 0.6 is 0 Å². The monoisotopic (exact) mass is 236 g/mol. The molecule has 1 N–H and O–H groups in total. The highest BCUT2D eigenvalue weighted by Crippen LogP contribution is 2.63. The highest BCUT2D eigenvalue weighted by atomic mass is 16.3. The van der Waals surface area contributed by atoms with Gasteiger partial charge in [0.05, 0.1) is 6.10 Å². The van der Waals surface area contributed by atoms with Gasteiger partial charge in [0.15, 0.2) is 0 Å². The van der Waals surface area contributed by atoms with Crippen molar-refractivity contribution in [1.29, 1.82) is 0 Å². The van der Waals surface area contributed by atoms with E-state index in [2.05, 4.69) is 20.8 Å². The second kappa shape index (κ2) is 3.98. The van der Waals surface area contributed by atoms with Crippen LogP contribution in [0.15, 0.2) is 0 Å². The zero-order chi connectivity index (χ0) is 12.2. The van der Waals surface area contributed by atoms with E-state index >= 15 is 0 Å². The lowest BCUT2D eigenvalue weighted by Gasteiger charge is -2.44. The number of aliphatic hydroxyl groups excluding tert-OH is 1. The molecule has 17 heavy (non-hydrogen) atoms. The fourth-order valence-corrected chi connectivity index (χ4v) is 5.34. The van der Waals surface area contributed by atoms with Gasteiger partial charge >= 0.3 is 0 Å². The van der Waals surface area contributed by atoms with Crippen LogP contribution in [0, 0.1) is 35.0 Å². The molecule has 3 aliphatic rings. The molecule has 6 atom stereocenters. The van der Waals surface area contributed by atoms with E-state index in [0.717, 1.165) is 30.1 Å². The minimum Gasteiger partial charge on any atom is -0.393 e. The first-order chi connectivity index (χ1) is 8.01. The molecule has 98 valence electrons. The second-order valence-electron chi connectivity index (χ2n) is 7.62. The Hall–Kier alpha value is -0.0400. The van der Waals surface area contributed by atoms with Crippen LogP contribution in [0.25, 0.3) is 0 Å². The maximum atomic E-state index is 10.3. The molecule has 0 amide bonds. The SMILES string of the molecule is C[C@@H]1[C@@H]2C[C@@H](C[C@H]2[C@H]2CCCC[C@@H]2O)C1(C)C. The van der Waals surface area contributed by atoms with Crippen LogP contribution in [0.5, 0.6) is 0 Å². The molecule has 3 aliphatic carbocycles. The molecule has 1 nitrogen and oxygen atoms in total. The van der Waals surface area contributed by atoms with E-state index in [4.69, 9.17) is 0 Å². The number of hydrogen-bond donors (Lipinski definition) is 1. The van der Waals surface area contributed by atoms with Crippen molar-refractivity contribution in [2.75, 3.05) is 0 Å². The van der Waals surface area contributed by atoms with Crippen molar-refractivity contribution in [3.63, 3.8) is 0 Å². The molecule has 0 saturated heterocycles. The molecular formula is C16H28O. The van der Waals surface area contributed by atoms with Gasteiger partial charge in [0.25, 0.3) is 0 Å². The molecule has 0 heterocycles. The fraction of sp³-hybridized carbons (Fsp3) is 1.00. The number of fused-ring (bicyclic) bond motifs is 2. The number of rotatable bonds is 1. The molecular weight excluding hydrogens is 208 g/mol. The van der Waals surface area contributed by atoms with Crippen LogP contribution in [0.1, 0.15) is 59.3 Å². The molecule has 0 aromatic carbocycles. The molecule has 1 heteroatoms. The molecule has 3 fully saturated rings. The Morgan fingerprint density at radius 2 is 1.59 bits per heavy atom. The first kappa shape index (κ1) is 12.0. The summed E-state index contributed by atoms with van der Waals surface area (Å²) >= 11 is 0. The van der Waals surface area contributed by atoms with Crippen LogP contribution in [0.3, 0.4) is 0 Å². The van der Waals surface area contributed by atoms with E-state index in [1.54, 1.807) is 0 Å². The summed E-state index contributed by atoms with van der Waals surface area (Å²) in [4.78, 5) is 0. The zero-order valence-corrected chi connectivity index (χ0v) is 11.7. The molecule has 0 aliphatic heterocycles. The van der Waals surface area contributed by atoms with Gasteiger partial charge < -0.3 is 5.11 Å². The Kier molecular flexibility index (Phi) is 2.81. The predicted molar refractivity (Wildman–Crippen MR) is 70.6 cm³/mol. The smallest absolute Gasteiger partial charge is 0.0571 e. The summed E-state index contributed by atoms with van der Waals surface area (Å²) in [6.45, 7) is 7.40. The van der Waals surface area contributed by atoms with Gasteiger partial charge in [-0.05, 0) is 60.7 Å². The largest absolute Gasteiger partial charge is 0.393 e. The van der Waals surface area contributed by atoms with Gasteiger partial charge in [-0.3, -0.25) is 0 Å². The van der Waals surface area contributed by atoms with Crippen molar-refractivity contribution in [2.45, 2.75) is 65.4 Å². The zero-order valence-electron chi connectivity index (χ0n) is 11.7. The van der Waals surface area contributed by atoms with E-state index in [9.17, 15) is 5.11 Å². The number of hydrogen-bond acceptors (Lipinski definition) is 1. The molecule has 3 saturated carbocycles. The summed E-state index contributed by atoms with van der Waals surface area (Å²) in [5.74, 6) is 4.19. The van der Waals surface area contributed by atoms with Crippen LogP contribution in [0.4, 0.5) is 0 Å². The summed E-state index contributed by atoms with van der Waals surface area (Å²) in [7, 11) is 0. The summed E-state index contributed by atoms with van der Waals surface area (Å²) in [5, 5.41) is 10.3. The third-order valence-corrected chi connectivity index (χ3v) is 6.86. The number of aliphatic hydroxyl groups is 1. The third kappa shape index (κ3) is 1.69. The molecule has 2 bridgehead atoms. The van der Waals surface area contributed by atoms with E-state index in [1.807, 2.05) is 0 Å². The van der Waals surface area contributed by atoms with Crippen molar-refractivity contribution in [3.05, 3.63) is 0 Å². The molecule has 0 spiro atoms. The lowest BCUT2D eigenvalue weighted by molar-refractivity contribution is -0.0113. The molecule has 0 aromatic heterocycles. The average molecular weight is 236 g/mol. The summed E-state index contributed by atoms with van der Waals surface area (Å²) < 4.78 is 0. The lowest BCUT2D eigenvalue weighted by Crippen LogP contribution is -2.40. The van der Waals surface area contributed by atoms with Crippen molar-refractivity contribution in [1.82, 2.24) is 0 Å². The molecule has 3 rings (SSSR count). The van der Waals surface area contributed by atoms with Gasteiger partial charge in [-0.1, -0.05) is 33.6 Å². The highest BCUT2D eigenvalue weighted by molar-refractivity contribution is 5.05.